The molecule has 5 heteroatoms. The van der Waals surface area contributed by atoms with Gasteiger partial charge in [-0.3, -0.25) is 0 Å². The molecule has 1 heterocycles. The molecule has 0 fully saturated rings. The fraction of sp³-hybridized carbons (Fsp3) is 0.312. The lowest BCUT2D eigenvalue weighted by molar-refractivity contribution is 0.849. The fourth-order valence-electron chi connectivity index (χ4n) is 2.17. The van der Waals surface area contributed by atoms with Crippen LogP contribution in [0.2, 0.25) is 0 Å². The van der Waals surface area contributed by atoms with Crippen molar-refractivity contribution in [3.05, 3.63) is 41.7 Å². The van der Waals surface area contributed by atoms with Crippen molar-refractivity contribution >= 4 is 17.3 Å². The summed E-state index contributed by atoms with van der Waals surface area (Å²) in [5.41, 5.74) is 2.37. The molecule has 0 radical (unpaired) electrons. The molecule has 0 aliphatic rings. The number of nitrogens with one attached hydrogen (secondary N) is 2. The number of hydrogen-bond donors (Lipinski definition) is 2. The van der Waals surface area contributed by atoms with Gasteiger partial charge in [0.1, 0.15) is 24.0 Å². The van der Waals surface area contributed by atoms with Crippen molar-refractivity contribution < 1.29 is 0 Å². The van der Waals surface area contributed by atoms with E-state index < -0.39 is 0 Å². The molecule has 0 aliphatic heterocycles. The standard InChI is InChI=1S/C16H19N5/c1-4-18-15-14(11(2)3)16(20-10-19-15)21-13-8-6-5-7-12(13)9-17/h5-8,10-11H,4H2,1-3H3,(H2,18,19,20,21). The third-order valence-electron chi connectivity index (χ3n) is 3.11. The highest BCUT2D eigenvalue weighted by molar-refractivity contribution is 5.69. The number of para-hydroxylation sites is 1. The zero-order valence-electron chi connectivity index (χ0n) is 12.5. The molecule has 108 valence electrons. The Kier molecular flexibility index (Phi) is 4.72. The molecular formula is C16H19N5. The molecule has 2 rings (SSSR count). The Labute approximate surface area is 125 Å². The maximum Gasteiger partial charge on any atom is 0.139 e. The van der Waals surface area contributed by atoms with Crippen LogP contribution in [0.15, 0.2) is 30.6 Å². The maximum absolute atomic E-state index is 9.18. The Hall–Kier alpha value is -2.61. The van der Waals surface area contributed by atoms with Gasteiger partial charge >= 0.3 is 0 Å². The second-order valence-electron chi connectivity index (χ2n) is 4.95. The number of nitriles is 1. The molecule has 0 aliphatic carbocycles. The second kappa shape index (κ2) is 6.71. The van der Waals surface area contributed by atoms with Crippen LogP contribution in [0.3, 0.4) is 0 Å². The molecule has 0 saturated heterocycles. The van der Waals surface area contributed by atoms with E-state index in [4.69, 9.17) is 0 Å². The molecule has 2 aromatic rings. The average Bonchev–Trinajstić information content (AvgIpc) is 2.48. The minimum Gasteiger partial charge on any atom is -0.370 e. The van der Waals surface area contributed by atoms with E-state index in [0.717, 1.165) is 29.4 Å². The number of hydrogen-bond acceptors (Lipinski definition) is 5. The van der Waals surface area contributed by atoms with E-state index in [-0.39, 0.29) is 5.92 Å². The molecule has 2 N–H and O–H groups in total. The first kappa shape index (κ1) is 14.8. The van der Waals surface area contributed by atoms with Crippen LogP contribution in [0.1, 0.15) is 37.8 Å². The van der Waals surface area contributed by atoms with Gasteiger partial charge in [0.25, 0.3) is 0 Å². The van der Waals surface area contributed by atoms with E-state index in [1.807, 2.05) is 25.1 Å². The first-order valence-electron chi connectivity index (χ1n) is 7.02. The quantitative estimate of drug-likeness (QED) is 0.875. The Bertz CT molecular complexity index is 658. The smallest absolute Gasteiger partial charge is 0.139 e. The van der Waals surface area contributed by atoms with E-state index >= 15 is 0 Å². The average molecular weight is 281 g/mol. The molecule has 0 bridgehead atoms. The summed E-state index contributed by atoms with van der Waals surface area (Å²) in [7, 11) is 0. The van der Waals surface area contributed by atoms with Crippen LogP contribution in [-0.4, -0.2) is 16.5 Å². The molecule has 0 amide bonds. The van der Waals surface area contributed by atoms with Gasteiger partial charge in [0, 0.05) is 12.1 Å². The van der Waals surface area contributed by atoms with Crippen molar-refractivity contribution in [3.8, 4) is 6.07 Å². The van der Waals surface area contributed by atoms with Gasteiger partial charge < -0.3 is 10.6 Å². The Morgan fingerprint density at radius 1 is 1.19 bits per heavy atom. The van der Waals surface area contributed by atoms with Gasteiger partial charge in [-0.05, 0) is 25.0 Å². The van der Waals surface area contributed by atoms with E-state index in [0.29, 0.717) is 5.56 Å². The number of nitrogens with zero attached hydrogens (tertiary/aromatic N) is 3. The molecule has 1 aromatic heterocycles. The van der Waals surface area contributed by atoms with E-state index in [2.05, 4.69) is 40.5 Å². The highest BCUT2D eigenvalue weighted by Crippen LogP contribution is 2.31. The lowest BCUT2D eigenvalue weighted by Crippen LogP contribution is -2.09. The third kappa shape index (κ3) is 3.29. The molecule has 1 aromatic carbocycles. The molecule has 5 nitrogen and oxygen atoms in total. The highest BCUT2D eigenvalue weighted by atomic mass is 15.1. The van der Waals surface area contributed by atoms with Gasteiger partial charge in [-0.1, -0.05) is 26.0 Å². The van der Waals surface area contributed by atoms with Crippen LogP contribution < -0.4 is 10.6 Å². The van der Waals surface area contributed by atoms with Crippen molar-refractivity contribution in [3.63, 3.8) is 0 Å². The van der Waals surface area contributed by atoms with Crippen molar-refractivity contribution in [2.45, 2.75) is 26.7 Å². The fourth-order valence-corrected chi connectivity index (χ4v) is 2.17. The van der Waals surface area contributed by atoms with Crippen molar-refractivity contribution in [2.75, 3.05) is 17.2 Å². The van der Waals surface area contributed by atoms with Gasteiger partial charge in [-0.15, -0.1) is 0 Å². The van der Waals surface area contributed by atoms with Crippen LogP contribution in [-0.2, 0) is 0 Å². The normalized spacial score (nSPS) is 10.2. The SMILES string of the molecule is CCNc1ncnc(Nc2ccccc2C#N)c1C(C)C. The van der Waals surface area contributed by atoms with E-state index in [1.165, 1.54) is 6.33 Å². The topological polar surface area (TPSA) is 73.6 Å². The minimum atomic E-state index is 0.261. The summed E-state index contributed by atoms with van der Waals surface area (Å²) in [6.45, 7) is 7.02. The summed E-state index contributed by atoms with van der Waals surface area (Å²) in [4.78, 5) is 8.65. The zero-order valence-corrected chi connectivity index (χ0v) is 12.5. The van der Waals surface area contributed by atoms with Gasteiger partial charge in [0.15, 0.2) is 0 Å². The molecule has 21 heavy (non-hydrogen) atoms. The molecule has 0 atom stereocenters. The van der Waals surface area contributed by atoms with Gasteiger partial charge in [-0.2, -0.15) is 5.26 Å². The summed E-state index contributed by atoms with van der Waals surface area (Å²) >= 11 is 0. The largest absolute Gasteiger partial charge is 0.370 e. The lowest BCUT2D eigenvalue weighted by atomic mass is 10.0. The lowest BCUT2D eigenvalue weighted by Gasteiger charge is -2.17. The van der Waals surface area contributed by atoms with Gasteiger partial charge in [-0.25, -0.2) is 9.97 Å². The van der Waals surface area contributed by atoms with E-state index in [9.17, 15) is 5.26 Å². The summed E-state index contributed by atoms with van der Waals surface area (Å²) in [6.07, 6.45) is 1.53. The van der Waals surface area contributed by atoms with Crippen molar-refractivity contribution in [1.82, 2.24) is 9.97 Å². The number of anilines is 3. The highest BCUT2D eigenvalue weighted by Gasteiger charge is 2.15. The van der Waals surface area contributed by atoms with Crippen LogP contribution in [0.5, 0.6) is 0 Å². The summed E-state index contributed by atoms with van der Waals surface area (Å²) < 4.78 is 0. The summed E-state index contributed by atoms with van der Waals surface area (Å²) in [5.74, 6) is 1.83. The first-order valence-corrected chi connectivity index (χ1v) is 7.02. The van der Waals surface area contributed by atoms with Gasteiger partial charge in [0.2, 0.25) is 0 Å². The van der Waals surface area contributed by atoms with Gasteiger partial charge in [0.05, 0.1) is 11.3 Å². The summed E-state index contributed by atoms with van der Waals surface area (Å²) in [5, 5.41) is 15.7. The van der Waals surface area contributed by atoms with Crippen LogP contribution in [0.4, 0.5) is 17.3 Å². The predicted octanol–water partition coefficient (Wildman–Crippen LogP) is 3.65. The monoisotopic (exact) mass is 281 g/mol. The van der Waals surface area contributed by atoms with Crippen molar-refractivity contribution in [1.29, 1.82) is 5.26 Å². The summed E-state index contributed by atoms with van der Waals surface area (Å²) in [6, 6.07) is 9.57. The molecule has 0 unspecified atom stereocenters. The number of benzene rings is 1. The van der Waals surface area contributed by atoms with Crippen molar-refractivity contribution in [2.24, 2.45) is 0 Å². The second-order valence-corrected chi connectivity index (χ2v) is 4.95. The van der Waals surface area contributed by atoms with Crippen LogP contribution in [0.25, 0.3) is 0 Å². The molecule has 0 saturated carbocycles. The zero-order chi connectivity index (χ0) is 15.2. The third-order valence-corrected chi connectivity index (χ3v) is 3.11. The Morgan fingerprint density at radius 2 is 1.90 bits per heavy atom. The van der Waals surface area contributed by atoms with Crippen LogP contribution >= 0.6 is 0 Å². The molecule has 0 spiro atoms. The maximum atomic E-state index is 9.18. The van der Waals surface area contributed by atoms with Crippen LogP contribution in [0, 0.1) is 11.3 Å². The molecular weight excluding hydrogens is 262 g/mol. The first-order chi connectivity index (χ1) is 10.2. The minimum absolute atomic E-state index is 0.261. The Balaban J connectivity index is 2.44. The number of aromatic nitrogens is 2. The van der Waals surface area contributed by atoms with E-state index in [1.54, 1.807) is 6.07 Å². The predicted molar refractivity (Wildman–Crippen MR) is 84.7 cm³/mol. The Morgan fingerprint density at radius 3 is 2.57 bits per heavy atom. The number of rotatable bonds is 5.